The van der Waals surface area contributed by atoms with E-state index >= 15 is 0 Å². The first-order chi connectivity index (χ1) is 22.8. The van der Waals surface area contributed by atoms with Gasteiger partial charge in [-0.2, -0.15) is 0 Å². The second kappa shape index (κ2) is 9.90. The van der Waals surface area contributed by atoms with Crippen molar-refractivity contribution in [3.8, 4) is 33.4 Å². The molecule has 0 fully saturated rings. The summed E-state index contributed by atoms with van der Waals surface area (Å²) in [5, 5.41) is 10.0. The van der Waals surface area contributed by atoms with Crippen LogP contribution in [0.4, 0.5) is 0 Å². The highest BCUT2D eigenvalue weighted by molar-refractivity contribution is 7.26. The van der Waals surface area contributed by atoms with E-state index in [0.29, 0.717) is 0 Å². The van der Waals surface area contributed by atoms with Gasteiger partial charge in [0, 0.05) is 30.9 Å². The molecule has 0 N–H and O–H groups in total. The van der Waals surface area contributed by atoms with Crippen molar-refractivity contribution in [3.05, 3.63) is 158 Å². The molecule has 0 aliphatic heterocycles. The van der Waals surface area contributed by atoms with Crippen LogP contribution in [0.5, 0.6) is 0 Å². The van der Waals surface area contributed by atoms with E-state index in [0.717, 1.165) is 11.2 Å². The van der Waals surface area contributed by atoms with E-state index in [1.165, 1.54) is 85.9 Å². The zero-order valence-corrected chi connectivity index (χ0v) is 25.6. The van der Waals surface area contributed by atoms with Crippen LogP contribution in [0.2, 0.25) is 0 Å². The van der Waals surface area contributed by atoms with Crippen molar-refractivity contribution in [3.63, 3.8) is 0 Å². The molecule has 0 saturated heterocycles. The molecule has 8 aromatic carbocycles. The molecule has 0 aliphatic carbocycles. The highest BCUT2D eigenvalue weighted by Crippen LogP contribution is 2.45. The Morgan fingerprint density at radius 1 is 0.326 bits per heavy atom. The maximum absolute atomic E-state index is 6.37. The smallest absolute Gasteiger partial charge is 0.136 e. The molecule has 0 amide bonds. The molecule has 0 unspecified atom stereocenters. The molecule has 0 bridgehead atoms. The lowest BCUT2D eigenvalue weighted by molar-refractivity contribution is 0.669. The number of hydrogen-bond donors (Lipinski definition) is 0. The van der Waals surface area contributed by atoms with Crippen molar-refractivity contribution in [2.75, 3.05) is 0 Å². The second-order valence-electron chi connectivity index (χ2n) is 12.0. The third-order valence-corrected chi connectivity index (χ3v) is 10.6. The maximum atomic E-state index is 6.37. The maximum Gasteiger partial charge on any atom is 0.136 e. The molecule has 10 aromatic rings. The van der Waals surface area contributed by atoms with E-state index in [9.17, 15) is 0 Å². The predicted molar refractivity (Wildman–Crippen MR) is 198 cm³/mol. The first-order valence-electron chi connectivity index (χ1n) is 15.7. The van der Waals surface area contributed by atoms with E-state index in [-0.39, 0.29) is 0 Å². The Hall–Kier alpha value is -5.70. The van der Waals surface area contributed by atoms with Crippen molar-refractivity contribution in [2.45, 2.75) is 0 Å². The largest absolute Gasteiger partial charge is 0.456 e. The summed E-state index contributed by atoms with van der Waals surface area (Å²) < 4.78 is 8.98. The lowest BCUT2D eigenvalue weighted by atomic mass is 9.86. The van der Waals surface area contributed by atoms with Gasteiger partial charge in [-0.15, -0.1) is 11.3 Å². The van der Waals surface area contributed by atoms with Crippen molar-refractivity contribution in [1.82, 2.24) is 0 Å². The van der Waals surface area contributed by atoms with Crippen LogP contribution in [-0.4, -0.2) is 0 Å². The molecule has 0 radical (unpaired) electrons. The van der Waals surface area contributed by atoms with E-state index in [1.807, 2.05) is 11.3 Å². The minimum absolute atomic E-state index is 0.926. The van der Waals surface area contributed by atoms with Gasteiger partial charge < -0.3 is 4.42 Å². The molecular formula is C44H26OS. The van der Waals surface area contributed by atoms with Crippen molar-refractivity contribution < 1.29 is 4.42 Å². The van der Waals surface area contributed by atoms with Crippen LogP contribution in [0, 0.1) is 0 Å². The minimum atomic E-state index is 0.926. The van der Waals surface area contributed by atoms with Gasteiger partial charge in [-0.1, -0.05) is 127 Å². The molecule has 1 nitrogen and oxygen atoms in total. The van der Waals surface area contributed by atoms with Gasteiger partial charge in [-0.3, -0.25) is 0 Å². The fraction of sp³-hybridized carbons (Fsp3) is 0. The zero-order valence-electron chi connectivity index (χ0n) is 24.8. The Balaban J connectivity index is 1.15. The molecule has 2 heteroatoms. The number of thiophene rings is 1. The SMILES string of the molecule is c1ccc(-c2c3ccccc3c(-c3ccc(-c4ccc5oc6ccc7sc8ccccc8c7c6c5c4)cc3)c3ccccc23)cc1. The molecule has 0 saturated carbocycles. The van der Waals surface area contributed by atoms with Crippen LogP contribution in [0.15, 0.2) is 162 Å². The topological polar surface area (TPSA) is 13.1 Å². The van der Waals surface area contributed by atoms with Gasteiger partial charge in [-0.25, -0.2) is 0 Å². The number of fused-ring (bicyclic) bond motifs is 9. The summed E-state index contributed by atoms with van der Waals surface area (Å²) in [7, 11) is 0. The van der Waals surface area contributed by atoms with E-state index in [2.05, 4.69) is 158 Å². The van der Waals surface area contributed by atoms with Crippen LogP contribution >= 0.6 is 11.3 Å². The normalized spacial score (nSPS) is 11.9. The van der Waals surface area contributed by atoms with Gasteiger partial charge >= 0.3 is 0 Å². The van der Waals surface area contributed by atoms with Gasteiger partial charge in [0.05, 0.1) is 0 Å². The lowest BCUT2D eigenvalue weighted by Gasteiger charge is -2.18. The second-order valence-corrected chi connectivity index (χ2v) is 13.1. The van der Waals surface area contributed by atoms with Crippen molar-refractivity contribution in [1.29, 1.82) is 0 Å². The number of hydrogen-bond acceptors (Lipinski definition) is 2. The third kappa shape index (κ3) is 3.74. The molecule has 0 atom stereocenters. The summed E-state index contributed by atoms with van der Waals surface area (Å²) in [6.45, 7) is 0. The lowest BCUT2D eigenvalue weighted by Crippen LogP contribution is -1.90. The van der Waals surface area contributed by atoms with Gasteiger partial charge in [0.25, 0.3) is 0 Å². The summed E-state index contributed by atoms with van der Waals surface area (Å²) in [4.78, 5) is 0. The summed E-state index contributed by atoms with van der Waals surface area (Å²) in [6, 6.07) is 57.2. The third-order valence-electron chi connectivity index (χ3n) is 9.47. The summed E-state index contributed by atoms with van der Waals surface area (Å²) in [5.41, 5.74) is 9.28. The Labute approximate surface area is 269 Å². The van der Waals surface area contributed by atoms with Gasteiger partial charge in [0.15, 0.2) is 0 Å². The first-order valence-corrected chi connectivity index (χ1v) is 16.5. The van der Waals surface area contributed by atoms with Gasteiger partial charge in [-0.05, 0) is 85.3 Å². The van der Waals surface area contributed by atoms with Crippen LogP contribution in [-0.2, 0) is 0 Å². The monoisotopic (exact) mass is 602 g/mol. The molecule has 2 aromatic heterocycles. The van der Waals surface area contributed by atoms with Crippen molar-refractivity contribution >= 4 is 75.0 Å². The number of furan rings is 1. The number of benzene rings is 8. The van der Waals surface area contributed by atoms with E-state index in [4.69, 9.17) is 4.42 Å². The fourth-order valence-electron chi connectivity index (χ4n) is 7.45. The Kier molecular flexibility index (Phi) is 5.51. The summed E-state index contributed by atoms with van der Waals surface area (Å²) >= 11 is 1.85. The molecular weight excluding hydrogens is 577 g/mol. The summed E-state index contributed by atoms with van der Waals surface area (Å²) in [6.07, 6.45) is 0. The standard InChI is InChI=1S/C44H26OS/c1-2-10-28(11-3-1)41-31-12-4-6-14-33(31)42(34-15-7-5-13-32(34)41)29-20-18-27(19-21-29)30-22-23-37-36(26-30)43-38(45-37)24-25-40-44(43)35-16-8-9-17-39(35)46-40/h1-26H. The first kappa shape index (κ1) is 25.6. The Bertz CT molecular complexity index is 2730. The molecule has 10 rings (SSSR count). The van der Waals surface area contributed by atoms with Gasteiger partial charge in [0.2, 0.25) is 0 Å². The van der Waals surface area contributed by atoms with Crippen LogP contribution in [0.1, 0.15) is 0 Å². The zero-order chi connectivity index (χ0) is 30.2. The molecule has 2 heterocycles. The van der Waals surface area contributed by atoms with Crippen molar-refractivity contribution in [2.24, 2.45) is 0 Å². The van der Waals surface area contributed by atoms with E-state index < -0.39 is 0 Å². The number of rotatable bonds is 3. The van der Waals surface area contributed by atoms with Crippen LogP contribution in [0.3, 0.4) is 0 Å². The Morgan fingerprint density at radius 2 is 0.848 bits per heavy atom. The van der Waals surface area contributed by atoms with Gasteiger partial charge in [0.1, 0.15) is 11.2 Å². The average Bonchev–Trinajstić information content (AvgIpc) is 3.69. The molecule has 0 spiro atoms. The quantitative estimate of drug-likeness (QED) is 0.183. The van der Waals surface area contributed by atoms with Crippen LogP contribution in [0.25, 0.3) is 97.0 Å². The highest BCUT2D eigenvalue weighted by atomic mass is 32.1. The Morgan fingerprint density at radius 3 is 1.52 bits per heavy atom. The highest BCUT2D eigenvalue weighted by Gasteiger charge is 2.18. The summed E-state index contributed by atoms with van der Waals surface area (Å²) in [5.74, 6) is 0. The van der Waals surface area contributed by atoms with Crippen LogP contribution < -0.4 is 0 Å². The molecule has 46 heavy (non-hydrogen) atoms. The van der Waals surface area contributed by atoms with E-state index in [1.54, 1.807) is 0 Å². The molecule has 214 valence electrons. The predicted octanol–water partition coefficient (Wildman–Crippen LogP) is 13.3. The minimum Gasteiger partial charge on any atom is -0.456 e. The molecule has 0 aliphatic rings. The average molecular weight is 603 g/mol. The fourth-order valence-corrected chi connectivity index (χ4v) is 8.56.